The van der Waals surface area contributed by atoms with Crippen LogP contribution in [-0.2, 0) is 0 Å². The fraction of sp³-hybridized carbons (Fsp3) is 0.100. The molecule has 0 aliphatic rings. The van der Waals surface area contributed by atoms with Crippen molar-refractivity contribution in [2.24, 2.45) is 0 Å². The molecule has 2 rings (SSSR count). The van der Waals surface area contributed by atoms with Gasteiger partial charge in [-0.3, -0.25) is 4.98 Å². The molecule has 66 valence electrons. The van der Waals surface area contributed by atoms with E-state index in [4.69, 9.17) is 11.6 Å². The van der Waals surface area contributed by atoms with Crippen molar-refractivity contribution in [1.29, 1.82) is 0 Å². The molecule has 1 heterocycles. The first-order chi connectivity index (χ1) is 6.20. The number of hydrogen-bond acceptors (Lipinski definition) is 2. The van der Waals surface area contributed by atoms with Gasteiger partial charge in [0.05, 0.1) is 5.02 Å². The molecule has 1 aromatic carbocycles. The predicted molar refractivity (Wildman–Crippen MR) is 53.2 cm³/mol. The molecule has 0 atom stereocenters. The minimum absolute atomic E-state index is 0.192. The summed E-state index contributed by atoms with van der Waals surface area (Å²) in [5.41, 5.74) is 1.55. The van der Waals surface area contributed by atoms with Crippen LogP contribution < -0.4 is 0 Å². The molecule has 3 heteroatoms. The number of fused-ring (bicyclic) bond motifs is 1. The highest BCUT2D eigenvalue weighted by Crippen LogP contribution is 2.28. The summed E-state index contributed by atoms with van der Waals surface area (Å²) in [6, 6.07) is 5.29. The Kier molecular flexibility index (Phi) is 1.85. The number of nitrogens with zero attached hydrogens (tertiary/aromatic N) is 1. The number of phenols is 1. The summed E-state index contributed by atoms with van der Waals surface area (Å²) >= 11 is 5.90. The van der Waals surface area contributed by atoms with Gasteiger partial charge in [0.1, 0.15) is 11.3 Å². The number of aryl methyl sites for hydroxylation is 1. The molecule has 0 amide bonds. The number of para-hydroxylation sites is 1. The molecule has 0 saturated carbocycles. The number of halogens is 1. The van der Waals surface area contributed by atoms with E-state index in [1.807, 2.05) is 13.0 Å². The minimum Gasteiger partial charge on any atom is -0.506 e. The molecule has 2 nitrogen and oxygen atoms in total. The first kappa shape index (κ1) is 8.32. The van der Waals surface area contributed by atoms with Crippen molar-refractivity contribution in [1.82, 2.24) is 4.98 Å². The van der Waals surface area contributed by atoms with Crippen LogP contribution in [0.1, 0.15) is 5.56 Å². The van der Waals surface area contributed by atoms with Crippen LogP contribution in [0.5, 0.6) is 5.75 Å². The van der Waals surface area contributed by atoms with Crippen molar-refractivity contribution in [3.8, 4) is 5.75 Å². The minimum atomic E-state index is 0.192. The third-order valence-corrected chi connectivity index (χ3v) is 2.47. The van der Waals surface area contributed by atoms with Gasteiger partial charge in [-0.1, -0.05) is 23.7 Å². The lowest BCUT2D eigenvalue weighted by atomic mass is 10.1. The molecule has 0 saturated heterocycles. The van der Waals surface area contributed by atoms with Crippen molar-refractivity contribution in [3.63, 3.8) is 0 Å². The average Bonchev–Trinajstić information content (AvgIpc) is 2.12. The summed E-state index contributed by atoms with van der Waals surface area (Å²) in [7, 11) is 0. The highest BCUT2D eigenvalue weighted by atomic mass is 35.5. The van der Waals surface area contributed by atoms with E-state index in [2.05, 4.69) is 4.98 Å². The van der Waals surface area contributed by atoms with E-state index in [0.29, 0.717) is 10.5 Å². The number of phenolic OH excluding ortho intramolecular Hbond substituents is 1. The second kappa shape index (κ2) is 2.89. The summed E-state index contributed by atoms with van der Waals surface area (Å²) in [5, 5.41) is 11.0. The van der Waals surface area contributed by atoms with Crippen LogP contribution in [0.4, 0.5) is 0 Å². The Balaban J connectivity index is 2.94. The van der Waals surface area contributed by atoms with Gasteiger partial charge in [0.25, 0.3) is 0 Å². The maximum Gasteiger partial charge on any atom is 0.141 e. The van der Waals surface area contributed by atoms with Crippen molar-refractivity contribution < 1.29 is 5.11 Å². The molecule has 1 aromatic heterocycles. The zero-order chi connectivity index (χ0) is 9.42. The van der Waals surface area contributed by atoms with Gasteiger partial charge in [-0.2, -0.15) is 0 Å². The molecular formula is C10H8ClNO. The van der Waals surface area contributed by atoms with Gasteiger partial charge in [-0.05, 0) is 18.6 Å². The Labute approximate surface area is 80.8 Å². The summed E-state index contributed by atoms with van der Waals surface area (Å²) in [6.07, 6.45) is 1.55. The molecule has 2 aromatic rings. The van der Waals surface area contributed by atoms with Crippen LogP contribution in [-0.4, -0.2) is 10.1 Å². The Morgan fingerprint density at radius 2 is 2.15 bits per heavy atom. The van der Waals surface area contributed by atoms with Gasteiger partial charge in [0, 0.05) is 11.6 Å². The van der Waals surface area contributed by atoms with Gasteiger partial charge in [-0.15, -0.1) is 0 Å². The number of aromatic hydroxyl groups is 1. The van der Waals surface area contributed by atoms with Crippen LogP contribution in [0.25, 0.3) is 10.9 Å². The molecular weight excluding hydrogens is 186 g/mol. The molecule has 0 aliphatic carbocycles. The van der Waals surface area contributed by atoms with E-state index in [9.17, 15) is 5.11 Å². The van der Waals surface area contributed by atoms with Crippen molar-refractivity contribution in [2.75, 3.05) is 0 Å². The highest BCUT2D eigenvalue weighted by Gasteiger charge is 2.05. The highest BCUT2D eigenvalue weighted by molar-refractivity contribution is 6.32. The zero-order valence-corrected chi connectivity index (χ0v) is 7.84. The molecule has 0 bridgehead atoms. The third kappa shape index (κ3) is 1.23. The average molecular weight is 194 g/mol. The van der Waals surface area contributed by atoms with Crippen LogP contribution in [0.2, 0.25) is 5.02 Å². The predicted octanol–water partition coefficient (Wildman–Crippen LogP) is 2.90. The Morgan fingerprint density at radius 3 is 2.92 bits per heavy atom. The lowest BCUT2D eigenvalue weighted by molar-refractivity contribution is 0.480. The van der Waals surface area contributed by atoms with Gasteiger partial charge in [-0.25, -0.2) is 0 Å². The van der Waals surface area contributed by atoms with Gasteiger partial charge in [0.2, 0.25) is 0 Å². The normalized spacial score (nSPS) is 10.6. The first-order valence-corrected chi connectivity index (χ1v) is 4.31. The van der Waals surface area contributed by atoms with Gasteiger partial charge in [0.15, 0.2) is 0 Å². The number of hydrogen-bond donors (Lipinski definition) is 1. The standard InChI is InChI=1S/C10H8ClNO/c1-6-7-3-2-4-9(13)10(7)12-5-8(6)11/h2-5,13H,1H3. The lowest BCUT2D eigenvalue weighted by Crippen LogP contribution is -1.84. The van der Waals surface area contributed by atoms with Crippen LogP contribution in [0.3, 0.4) is 0 Å². The molecule has 1 N–H and O–H groups in total. The van der Waals surface area contributed by atoms with Crippen molar-refractivity contribution >= 4 is 22.5 Å². The molecule has 0 radical (unpaired) electrons. The summed E-state index contributed by atoms with van der Waals surface area (Å²) in [4.78, 5) is 4.06. The number of aromatic nitrogens is 1. The maximum absolute atomic E-state index is 9.48. The monoisotopic (exact) mass is 193 g/mol. The van der Waals surface area contributed by atoms with Crippen molar-refractivity contribution in [3.05, 3.63) is 35.0 Å². The second-order valence-corrected chi connectivity index (χ2v) is 3.31. The molecule has 13 heavy (non-hydrogen) atoms. The quantitative estimate of drug-likeness (QED) is 0.698. The number of pyridine rings is 1. The SMILES string of the molecule is Cc1c(Cl)cnc2c(O)cccc12. The zero-order valence-electron chi connectivity index (χ0n) is 7.08. The summed E-state index contributed by atoms with van der Waals surface area (Å²) < 4.78 is 0. The Bertz CT molecular complexity index is 468. The Hall–Kier alpha value is -1.28. The van der Waals surface area contributed by atoms with E-state index >= 15 is 0 Å². The number of rotatable bonds is 0. The number of benzene rings is 1. The van der Waals surface area contributed by atoms with Crippen molar-refractivity contribution in [2.45, 2.75) is 6.92 Å². The largest absolute Gasteiger partial charge is 0.506 e. The maximum atomic E-state index is 9.48. The van der Waals surface area contributed by atoms with E-state index in [-0.39, 0.29) is 5.75 Å². The fourth-order valence-electron chi connectivity index (χ4n) is 1.32. The van der Waals surface area contributed by atoms with E-state index < -0.39 is 0 Å². The summed E-state index contributed by atoms with van der Waals surface area (Å²) in [6.45, 7) is 1.91. The summed E-state index contributed by atoms with van der Waals surface area (Å²) in [5.74, 6) is 0.192. The van der Waals surface area contributed by atoms with Gasteiger partial charge >= 0.3 is 0 Å². The smallest absolute Gasteiger partial charge is 0.141 e. The van der Waals surface area contributed by atoms with Gasteiger partial charge < -0.3 is 5.11 Å². The van der Waals surface area contributed by atoms with E-state index in [0.717, 1.165) is 10.9 Å². The van der Waals surface area contributed by atoms with E-state index in [1.54, 1.807) is 18.3 Å². The topological polar surface area (TPSA) is 33.1 Å². The first-order valence-electron chi connectivity index (χ1n) is 3.93. The fourth-order valence-corrected chi connectivity index (χ4v) is 1.47. The van der Waals surface area contributed by atoms with Crippen LogP contribution >= 0.6 is 11.6 Å². The van der Waals surface area contributed by atoms with Crippen LogP contribution in [0, 0.1) is 6.92 Å². The molecule has 0 fully saturated rings. The molecule has 0 unspecified atom stereocenters. The molecule has 0 aliphatic heterocycles. The third-order valence-electron chi connectivity index (χ3n) is 2.08. The second-order valence-electron chi connectivity index (χ2n) is 2.90. The Morgan fingerprint density at radius 1 is 1.38 bits per heavy atom. The lowest BCUT2D eigenvalue weighted by Gasteiger charge is -2.03. The van der Waals surface area contributed by atoms with Crippen LogP contribution in [0.15, 0.2) is 24.4 Å². The van der Waals surface area contributed by atoms with E-state index in [1.165, 1.54) is 0 Å². The molecule has 0 spiro atoms.